The number of rotatable bonds is 7. The average Bonchev–Trinajstić information content (AvgIpc) is 3.14. The van der Waals surface area contributed by atoms with Crippen molar-refractivity contribution in [2.45, 2.75) is 77.3 Å². The number of carbonyl (C=O) groups excluding carboxylic acids is 2. The minimum Gasteiger partial charge on any atom is -0.450 e. The lowest BCUT2D eigenvalue weighted by Crippen LogP contribution is -2.67. The molecule has 8 nitrogen and oxygen atoms in total. The number of likely N-dealkylation sites (tertiary alicyclic amines) is 1. The number of alkyl carbamates (subject to hydrolysis) is 1. The lowest BCUT2D eigenvalue weighted by molar-refractivity contribution is 0.00758. The molecule has 2 aromatic carbocycles. The number of ether oxygens (including phenoxy) is 2. The van der Waals surface area contributed by atoms with Crippen LogP contribution in [0, 0.1) is 0 Å². The molecule has 3 atom stereocenters. The van der Waals surface area contributed by atoms with Gasteiger partial charge in [-0.25, -0.2) is 9.59 Å². The number of aliphatic hydroxyl groups excluding tert-OH is 1. The Balaban J connectivity index is 2.01. The van der Waals surface area contributed by atoms with Crippen LogP contribution in [0.5, 0.6) is 0 Å². The maximum atomic E-state index is 13.2. The molecule has 2 N–H and O–H groups in total. The predicted molar refractivity (Wildman–Crippen MR) is 150 cm³/mol. The average molecular weight is 543 g/mol. The highest BCUT2D eigenvalue weighted by Gasteiger charge is 2.53. The molecule has 208 valence electrons. The summed E-state index contributed by atoms with van der Waals surface area (Å²) in [6.45, 7) is 13.9. The Morgan fingerprint density at radius 1 is 0.974 bits per heavy atom. The van der Waals surface area contributed by atoms with E-state index in [1.54, 1.807) is 27.7 Å². The molecular weight excluding hydrogens is 500 g/mol. The largest absolute Gasteiger partial charge is 0.450 e. The fraction of sp³-hybridized carbons (Fsp3) is 0.517. The van der Waals surface area contributed by atoms with E-state index in [1.807, 2.05) is 36.4 Å². The summed E-state index contributed by atoms with van der Waals surface area (Å²) >= 11 is 0. The summed E-state index contributed by atoms with van der Waals surface area (Å²) in [6, 6.07) is 18.9. The minimum absolute atomic E-state index is 0.0642. The molecule has 1 saturated heterocycles. The van der Waals surface area contributed by atoms with E-state index >= 15 is 0 Å². The highest BCUT2D eigenvalue weighted by molar-refractivity contribution is 6.99. The summed E-state index contributed by atoms with van der Waals surface area (Å²) < 4.78 is 17.7. The quantitative estimate of drug-likeness (QED) is 0.519. The molecule has 0 unspecified atom stereocenters. The van der Waals surface area contributed by atoms with E-state index in [-0.39, 0.29) is 24.8 Å². The molecule has 2 amide bonds. The number of hydrogen-bond donors (Lipinski definition) is 2. The molecule has 0 aliphatic carbocycles. The van der Waals surface area contributed by atoms with Crippen LogP contribution in [0.2, 0.25) is 5.04 Å². The van der Waals surface area contributed by atoms with Crippen LogP contribution in [0.3, 0.4) is 0 Å². The van der Waals surface area contributed by atoms with Crippen molar-refractivity contribution in [2.24, 2.45) is 0 Å². The second-order valence-corrected chi connectivity index (χ2v) is 15.9. The number of benzene rings is 2. The Labute approximate surface area is 227 Å². The molecule has 0 saturated carbocycles. The van der Waals surface area contributed by atoms with Gasteiger partial charge in [-0.05, 0) is 43.1 Å². The maximum Gasteiger partial charge on any atom is 0.410 e. The van der Waals surface area contributed by atoms with E-state index in [4.69, 9.17) is 13.9 Å². The van der Waals surface area contributed by atoms with Gasteiger partial charge in [0.1, 0.15) is 5.60 Å². The van der Waals surface area contributed by atoms with Crippen LogP contribution in [-0.2, 0) is 13.9 Å². The number of aliphatic hydroxyl groups is 1. The number of carbonyl (C=O) groups is 2. The highest BCUT2D eigenvalue weighted by Crippen LogP contribution is 2.37. The third-order valence-corrected chi connectivity index (χ3v) is 11.7. The summed E-state index contributed by atoms with van der Waals surface area (Å²) in [5, 5.41) is 15.9. The van der Waals surface area contributed by atoms with Crippen LogP contribution in [-0.4, -0.2) is 74.1 Å². The van der Waals surface area contributed by atoms with E-state index < -0.39 is 44.3 Å². The van der Waals surface area contributed by atoms with Crippen molar-refractivity contribution in [3.63, 3.8) is 0 Å². The van der Waals surface area contributed by atoms with Crippen molar-refractivity contribution < 1.29 is 28.6 Å². The third-order valence-electron chi connectivity index (χ3n) is 6.69. The van der Waals surface area contributed by atoms with Gasteiger partial charge in [0, 0.05) is 6.54 Å². The van der Waals surface area contributed by atoms with Crippen molar-refractivity contribution in [3.05, 3.63) is 60.7 Å². The summed E-state index contributed by atoms with van der Waals surface area (Å²) in [4.78, 5) is 26.9. The summed E-state index contributed by atoms with van der Waals surface area (Å²) in [7, 11) is -2.93. The smallest absolute Gasteiger partial charge is 0.410 e. The van der Waals surface area contributed by atoms with Gasteiger partial charge in [-0.15, -0.1) is 0 Å². The SMILES string of the molecule is CCOC(=O)N[C@H]1CN(C(=O)OC(C)(C)C)[C@H](CO[Si](c2ccccc2)(c2ccccc2)C(C)(C)C)[C@H]1O. The number of amides is 2. The van der Waals surface area contributed by atoms with Crippen LogP contribution >= 0.6 is 0 Å². The Bertz CT molecular complexity index is 1030. The molecule has 1 fully saturated rings. The van der Waals surface area contributed by atoms with Gasteiger partial charge in [-0.1, -0.05) is 81.4 Å². The Morgan fingerprint density at radius 2 is 1.50 bits per heavy atom. The zero-order valence-electron chi connectivity index (χ0n) is 23.6. The lowest BCUT2D eigenvalue weighted by atomic mass is 10.1. The zero-order valence-corrected chi connectivity index (χ0v) is 24.6. The van der Waals surface area contributed by atoms with Gasteiger partial charge < -0.3 is 24.3 Å². The number of hydrogen-bond acceptors (Lipinski definition) is 6. The monoisotopic (exact) mass is 542 g/mol. The first-order valence-corrected chi connectivity index (χ1v) is 15.1. The molecule has 1 aliphatic rings. The Hall–Kier alpha value is -2.88. The van der Waals surface area contributed by atoms with E-state index in [0.29, 0.717) is 0 Å². The molecule has 2 aromatic rings. The highest BCUT2D eigenvalue weighted by atomic mass is 28.4. The van der Waals surface area contributed by atoms with Crippen LogP contribution in [0.15, 0.2) is 60.7 Å². The van der Waals surface area contributed by atoms with Gasteiger partial charge in [0.15, 0.2) is 0 Å². The zero-order chi connectivity index (χ0) is 28.1. The van der Waals surface area contributed by atoms with Gasteiger partial charge in [-0.3, -0.25) is 4.90 Å². The molecule has 0 spiro atoms. The molecule has 9 heteroatoms. The first kappa shape index (κ1) is 29.7. The van der Waals surface area contributed by atoms with Crippen molar-refractivity contribution >= 4 is 30.9 Å². The number of nitrogens with zero attached hydrogens (tertiary/aromatic N) is 1. The molecule has 38 heavy (non-hydrogen) atoms. The molecule has 0 radical (unpaired) electrons. The molecular formula is C29H42N2O6Si. The normalized spacial score (nSPS) is 20.2. The minimum atomic E-state index is -2.93. The van der Waals surface area contributed by atoms with E-state index in [2.05, 4.69) is 50.4 Å². The molecule has 0 aromatic heterocycles. The predicted octanol–water partition coefficient (Wildman–Crippen LogP) is 3.66. The van der Waals surface area contributed by atoms with Crippen LogP contribution in [0.25, 0.3) is 0 Å². The topological polar surface area (TPSA) is 97.3 Å². The van der Waals surface area contributed by atoms with Gasteiger partial charge in [0.25, 0.3) is 8.32 Å². The molecule has 1 aliphatic heterocycles. The van der Waals surface area contributed by atoms with Crippen molar-refractivity contribution in [2.75, 3.05) is 19.8 Å². The third kappa shape index (κ3) is 6.57. The van der Waals surface area contributed by atoms with Crippen molar-refractivity contribution in [3.8, 4) is 0 Å². The van der Waals surface area contributed by atoms with Crippen LogP contribution in [0.4, 0.5) is 9.59 Å². The summed E-state index contributed by atoms with van der Waals surface area (Å²) in [5.41, 5.74) is -0.724. The van der Waals surface area contributed by atoms with Crippen molar-refractivity contribution in [1.82, 2.24) is 10.2 Å². The molecule has 3 rings (SSSR count). The summed E-state index contributed by atoms with van der Waals surface area (Å²) in [5.74, 6) is 0. The van der Waals surface area contributed by atoms with Crippen LogP contribution < -0.4 is 15.7 Å². The lowest BCUT2D eigenvalue weighted by Gasteiger charge is -2.44. The molecule has 1 heterocycles. The second-order valence-electron chi connectivity index (χ2n) is 11.6. The van der Waals surface area contributed by atoms with Gasteiger partial charge >= 0.3 is 12.2 Å². The fourth-order valence-corrected chi connectivity index (χ4v) is 9.63. The van der Waals surface area contributed by atoms with E-state index in [1.165, 1.54) is 4.90 Å². The van der Waals surface area contributed by atoms with Gasteiger partial charge in [0.2, 0.25) is 0 Å². The van der Waals surface area contributed by atoms with E-state index in [0.717, 1.165) is 10.4 Å². The second kappa shape index (κ2) is 11.9. The first-order valence-electron chi connectivity index (χ1n) is 13.2. The van der Waals surface area contributed by atoms with Gasteiger partial charge in [-0.2, -0.15) is 0 Å². The van der Waals surface area contributed by atoms with E-state index in [9.17, 15) is 14.7 Å². The molecule has 0 bridgehead atoms. The standard InChI is InChI=1S/C29H42N2O6Si/c1-8-35-26(33)30-23-19-31(27(34)37-28(2,3)4)24(25(23)32)20-36-38(29(5,6)7,21-15-11-9-12-16-21)22-17-13-10-14-18-22/h9-18,23-25,32H,8,19-20H2,1-7H3,(H,30,33)/t23-,24+,25-/m0/s1. The number of nitrogens with one attached hydrogen (secondary N) is 1. The first-order chi connectivity index (χ1) is 17.8. The Morgan fingerprint density at radius 3 is 1.95 bits per heavy atom. The fourth-order valence-electron chi connectivity index (χ4n) is 5.05. The Kier molecular flexibility index (Phi) is 9.28. The maximum absolute atomic E-state index is 13.2. The van der Waals surface area contributed by atoms with Crippen molar-refractivity contribution in [1.29, 1.82) is 0 Å². The van der Waals surface area contributed by atoms with Crippen LogP contribution in [0.1, 0.15) is 48.5 Å². The van der Waals surface area contributed by atoms with Gasteiger partial charge in [0.05, 0.1) is 31.4 Å². The summed E-state index contributed by atoms with van der Waals surface area (Å²) in [6.07, 6.45) is -2.29.